The van der Waals surface area contributed by atoms with Crippen molar-refractivity contribution < 1.29 is 9.53 Å². The maximum absolute atomic E-state index is 12.1. The zero-order chi connectivity index (χ0) is 16.9. The second kappa shape index (κ2) is 7.21. The van der Waals surface area contributed by atoms with E-state index in [2.05, 4.69) is 22.9 Å². The third-order valence-corrected chi connectivity index (χ3v) is 4.21. The number of hydrogen-bond acceptors (Lipinski definition) is 2. The van der Waals surface area contributed by atoms with Crippen LogP contribution in [0.1, 0.15) is 11.1 Å². The zero-order valence-corrected chi connectivity index (χ0v) is 14.1. The van der Waals surface area contributed by atoms with Crippen molar-refractivity contribution in [2.75, 3.05) is 13.6 Å². The average Bonchev–Trinajstić information content (AvgIpc) is 2.95. The van der Waals surface area contributed by atoms with E-state index >= 15 is 0 Å². The lowest BCUT2D eigenvalue weighted by Crippen LogP contribution is -2.29. The zero-order valence-electron chi connectivity index (χ0n) is 14.1. The van der Waals surface area contributed by atoms with Crippen LogP contribution in [0.2, 0.25) is 0 Å². The van der Waals surface area contributed by atoms with Gasteiger partial charge in [-0.3, -0.25) is 0 Å². The molecular formula is C20H22N2O2. The summed E-state index contributed by atoms with van der Waals surface area (Å²) in [5.41, 5.74) is 3.45. The normalized spacial score (nSPS) is 10.8. The first kappa shape index (κ1) is 16.1. The molecule has 0 spiro atoms. The van der Waals surface area contributed by atoms with Crippen LogP contribution in [0.4, 0.5) is 4.79 Å². The van der Waals surface area contributed by atoms with Crippen LogP contribution in [0, 0.1) is 0 Å². The minimum absolute atomic E-state index is 0.293. The Balaban J connectivity index is 1.56. The highest BCUT2D eigenvalue weighted by atomic mass is 16.6. The molecule has 0 saturated carbocycles. The van der Waals surface area contributed by atoms with Crippen molar-refractivity contribution in [2.45, 2.75) is 13.0 Å². The summed E-state index contributed by atoms with van der Waals surface area (Å²) in [6.45, 7) is 0.930. The largest absolute Gasteiger partial charge is 0.445 e. The van der Waals surface area contributed by atoms with Crippen molar-refractivity contribution in [1.82, 2.24) is 9.47 Å². The second-order valence-electron chi connectivity index (χ2n) is 5.99. The smallest absolute Gasteiger partial charge is 0.409 e. The lowest BCUT2D eigenvalue weighted by molar-refractivity contribution is 0.105. The molecule has 24 heavy (non-hydrogen) atoms. The van der Waals surface area contributed by atoms with E-state index in [1.807, 2.05) is 49.5 Å². The van der Waals surface area contributed by atoms with Crippen LogP contribution >= 0.6 is 0 Å². The van der Waals surface area contributed by atoms with Gasteiger partial charge in [0.25, 0.3) is 0 Å². The summed E-state index contributed by atoms with van der Waals surface area (Å²) in [7, 11) is 3.82. The van der Waals surface area contributed by atoms with E-state index in [1.165, 1.54) is 16.5 Å². The molecule has 0 fully saturated rings. The molecule has 0 bridgehead atoms. The number of fused-ring (bicyclic) bond motifs is 1. The van der Waals surface area contributed by atoms with Gasteiger partial charge in [-0.2, -0.15) is 0 Å². The number of hydrogen-bond donors (Lipinski definition) is 0. The Morgan fingerprint density at radius 2 is 1.79 bits per heavy atom. The molecule has 0 aliphatic heterocycles. The maximum atomic E-state index is 12.1. The first-order chi connectivity index (χ1) is 11.6. The highest BCUT2D eigenvalue weighted by molar-refractivity contribution is 5.83. The van der Waals surface area contributed by atoms with E-state index in [9.17, 15) is 4.79 Å². The molecule has 3 aromatic rings. The highest BCUT2D eigenvalue weighted by Gasteiger charge is 2.12. The summed E-state index contributed by atoms with van der Waals surface area (Å²) in [5, 5.41) is 1.24. The molecule has 0 aliphatic rings. The average molecular weight is 322 g/mol. The molecule has 4 heteroatoms. The van der Waals surface area contributed by atoms with Gasteiger partial charge in [-0.15, -0.1) is 0 Å². The first-order valence-electron chi connectivity index (χ1n) is 8.10. The Morgan fingerprint density at radius 3 is 2.58 bits per heavy atom. The van der Waals surface area contributed by atoms with Crippen LogP contribution in [0.15, 0.2) is 60.8 Å². The third-order valence-electron chi connectivity index (χ3n) is 4.21. The van der Waals surface area contributed by atoms with Gasteiger partial charge in [0.05, 0.1) is 0 Å². The van der Waals surface area contributed by atoms with Crippen LogP contribution < -0.4 is 0 Å². The fourth-order valence-electron chi connectivity index (χ4n) is 2.83. The quantitative estimate of drug-likeness (QED) is 0.712. The van der Waals surface area contributed by atoms with Gasteiger partial charge in [0.2, 0.25) is 0 Å². The van der Waals surface area contributed by atoms with Gasteiger partial charge in [0.15, 0.2) is 0 Å². The summed E-state index contributed by atoms with van der Waals surface area (Å²) < 4.78 is 7.48. The number of rotatable bonds is 5. The topological polar surface area (TPSA) is 34.5 Å². The van der Waals surface area contributed by atoms with Gasteiger partial charge >= 0.3 is 6.09 Å². The van der Waals surface area contributed by atoms with Gasteiger partial charge < -0.3 is 14.2 Å². The Morgan fingerprint density at radius 1 is 1.08 bits per heavy atom. The number of amides is 1. The summed E-state index contributed by atoms with van der Waals surface area (Å²) in [6.07, 6.45) is 2.64. The molecule has 0 radical (unpaired) electrons. The van der Waals surface area contributed by atoms with E-state index in [0.717, 1.165) is 12.0 Å². The molecule has 0 atom stereocenters. The number of para-hydroxylation sites is 1. The monoisotopic (exact) mass is 322 g/mol. The predicted molar refractivity (Wildman–Crippen MR) is 95.9 cm³/mol. The number of aromatic nitrogens is 1. The Kier molecular flexibility index (Phi) is 4.85. The van der Waals surface area contributed by atoms with E-state index in [4.69, 9.17) is 4.74 Å². The molecule has 1 amide bonds. The van der Waals surface area contributed by atoms with Crippen LogP contribution in [0.25, 0.3) is 10.9 Å². The molecule has 0 N–H and O–H groups in total. The number of nitrogens with zero attached hydrogens (tertiary/aromatic N) is 2. The minimum atomic E-state index is -0.293. The van der Waals surface area contributed by atoms with Gasteiger partial charge in [0.1, 0.15) is 6.61 Å². The fraction of sp³-hybridized carbons (Fsp3) is 0.250. The minimum Gasteiger partial charge on any atom is -0.445 e. The van der Waals surface area contributed by atoms with Crippen LogP contribution in [0.5, 0.6) is 0 Å². The molecule has 1 aromatic heterocycles. The molecule has 2 aromatic carbocycles. The summed E-state index contributed by atoms with van der Waals surface area (Å²) in [4.78, 5) is 13.7. The van der Waals surface area contributed by atoms with Crippen molar-refractivity contribution in [3.63, 3.8) is 0 Å². The Hall–Kier alpha value is -2.75. The fourth-order valence-corrected chi connectivity index (χ4v) is 2.83. The van der Waals surface area contributed by atoms with Gasteiger partial charge in [-0.25, -0.2) is 4.79 Å². The van der Waals surface area contributed by atoms with Gasteiger partial charge in [0, 0.05) is 37.7 Å². The summed E-state index contributed by atoms with van der Waals surface area (Å²) >= 11 is 0. The number of carbonyl (C=O) groups excluding carboxylic acids is 1. The molecular weight excluding hydrogens is 300 g/mol. The highest BCUT2D eigenvalue weighted by Crippen LogP contribution is 2.20. The molecule has 4 nitrogen and oxygen atoms in total. The molecule has 1 heterocycles. The van der Waals surface area contributed by atoms with E-state index in [1.54, 1.807) is 11.9 Å². The summed E-state index contributed by atoms with van der Waals surface area (Å²) in [5.74, 6) is 0. The van der Waals surface area contributed by atoms with E-state index in [-0.39, 0.29) is 6.09 Å². The van der Waals surface area contributed by atoms with Crippen molar-refractivity contribution in [1.29, 1.82) is 0 Å². The first-order valence-corrected chi connectivity index (χ1v) is 8.10. The van der Waals surface area contributed by atoms with E-state index in [0.29, 0.717) is 13.2 Å². The van der Waals surface area contributed by atoms with Gasteiger partial charge in [-0.05, 0) is 23.6 Å². The molecule has 0 aliphatic carbocycles. The van der Waals surface area contributed by atoms with Crippen LogP contribution in [-0.4, -0.2) is 29.2 Å². The lowest BCUT2D eigenvalue weighted by atomic mass is 10.1. The van der Waals surface area contributed by atoms with Crippen LogP contribution in [-0.2, 0) is 24.8 Å². The SMILES string of the molecule is CN(CCc1cn(C)c2ccccc12)C(=O)OCc1ccccc1. The predicted octanol–water partition coefficient (Wildman–Crippen LogP) is 3.99. The van der Waals surface area contributed by atoms with Crippen molar-refractivity contribution in [2.24, 2.45) is 7.05 Å². The maximum Gasteiger partial charge on any atom is 0.409 e. The standard InChI is InChI=1S/C20H22N2O2/c1-21(20(23)24-15-16-8-4-3-5-9-16)13-12-17-14-22(2)19-11-7-6-10-18(17)19/h3-11,14H,12-13,15H2,1-2H3. The Bertz CT molecular complexity index is 824. The number of ether oxygens (including phenoxy) is 1. The van der Waals surface area contributed by atoms with E-state index < -0.39 is 0 Å². The second-order valence-corrected chi connectivity index (χ2v) is 5.99. The lowest BCUT2D eigenvalue weighted by Gasteiger charge is -2.16. The Labute approximate surface area is 142 Å². The molecule has 3 rings (SSSR count). The van der Waals surface area contributed by atoms with Gasteiger partial charge in [-0.1, -0.05) is 48.5 Å². The number of aryl methyl sites for hydroxylation is 1. The number of likely N-dealkylation sites (N-methyl/N-ethyl adjacent to an activating group) is 1. The number of carbonyl (C=O) groups is 1. The van der Waals surface area contributed by atoms with Crippen molar-refractivity contribution in [3.8, 4) is 0 Å². The van der Waals surface area contributed by atoms with Crippen molar-refractivity contribution >= 4 is 17.0 Å². The van der Waals surface area contributed by atoms with Crippen LogP contribution in [0.3, 0.4) is 0 Å². The molecule has 124 valence electrons. The molecule has 0 saturated heterocycles. The number of benzene rings is 2. The summed E-state index contributed by atoms with van der Waals surface area (Å²) in [6, 6.07) is 18.0. The third kappa shape index (κ3) is 3.59. The molecule has 0 unspecified atom stereocenters. The van der Waals surface area contributed by atoms with Crippen molar-refractivity contribution in [3.05, 3.63) is 71.9 Å².